The van der Waals surface area contributed by atoms with Gasteiger partial charge in [0.05, 0.1) is 5.38 Å². The molecule has 1 unspecified atom stereocenters. The van der Waals surface area contributed by atoms with Crippen molar-refractivity contribution in [2.75, 3.05) is 0 Å². The van der Waals surface area contributed by atoms with Gasteiger partial charge in [-0.05, 0) is 102 Å². The van der Waals surface area contributed by atoms with Gasteiger partial charge in [-0.1, -0.05) is 22.0 Å². The third-order valence-corrected chi connectivity index (χ3v) is 5.76. The Morgan fingerprint density at radius 1 is 1.00 bits per heavy atom. The summed E-state index contributed by atoms with van der Waals surface area (Å²) in [5.74, 6) is 0. The van der Waals surface area contributed by atoms with Gasteiger partial charge >= 0.3 is 0 Å². The lowest BCUT2D eigenvalue weighted by Crippen LogP contribution is -2.04. The van der Waals surface area contributed by atoms with Crippen LogP contribution >= 0.6 is 50.1 Å². The zero-order chi connectivity index (χ0) is 15.0. The molecule has 1 atom stereocenters. The molecule has 3 heteroatoms. The predicted molar refractivity (Wildman–Crippen MR) is 99.9 cm³/mol. The summed E-state index contributed by atoms with van der Waals surface area (Å²) in [6.45, 7) is 8.62. The molecule has 0 saturated carbocycles. The molecule has 0 radical (unpaired) electrons. The van der Waals surface area contributed by atoms with Crippen molar-refractivity contribution in [2.24, 2.45) is 0 Å². The molecule has 20 heavy (non-hydrogen) atoms. The van der Waals surface area contributed by atoms with E-state index >= 15 is 0 Å². The highest BCUT2D eigenvalue weighted by Crippen LogP contribution is 2.39. The van der Waals surface area contributed by atoms with E-state index in [0.29, 0.717) is 0 Å². The van der Waals surface area contributed by atoms with Gasteiger partial charge in [-0.15, -0.1) is 11.6 Å². The van der Waals surface area contributed by atoms with Crippen molar-refractivity contribution in [2.45, 2.75) is 33.1 Å². The predicted octanol–water partition coefficient (Wildman–Crippen LogP) is 6.62. The van der Waals surface area contributed by atoms with Gasteiger partial charge in [-0.3, -0.25) is 0 Å². The van der Waals surface area contributed by atoms with E-state index in [0.717, 1.165) is 10.0 Å². The fourth-order valence-corrected chi connectivity index (χ4v) is 4.12. The molecule has 0 aliphatic rings. The molecular formula is C17H17BrClI. The highest BCUT2D eigenvalue weighted by atomic mass is 127. The first-order valence-electron chi connectivity index (χ1n) is 6.49. The van der Waals surface area contributed by atoms with Crippen LogP contribution < -0.4 is 0 Å². The Morgan fingerprint density at radius 3 is 2.10 bits per heavy atom. The average Bonchev–Trinajstić information content (AvgIpc) is 2.39. The van der Waals surface area contributed by atoms with E-state index in [4.69, 9.17) is 11.6 Å². The van der Waals surface area contributed by atoms with Gasteiger partial charge in [-0.25, -0.2) is 0 Å². The molecule has 2 aromatic rings. The second-order valence-corrected chi connectivity index (χ2v) is 7.74. The number of halogens is 3. The van der Waals surface area contributed by atoms with E-state index in [1.54, 1.807) is 0 Å². The summed E-state index contributed by atoms with van der Waals surface area (Å²) in [7, 11) is 0. The van der Waals surface area contributed by atoms with Gasteiger partial charge in [-0.2, -0.15) is 0 Å². The molecule has 0 bridgehead atoms. The smallest absolute Gasteiger partial charge is 0.0851 e. The summed E-state index contributed by atoms with van der Waals surface area (Å²) in [6, 6.07) is 8.54. The van der Waals surface area contributed by atoms with Gasteiger partial charge in [0.2, 0.25) is 0 Å². The Hall–Kier alpha value is -0.0600. The summed E-state index contributed by atoms with van der Waals surface area (Å²) >= 11 is 12.8. The summed E-state index contributed by atoms with van der Waals surface area (Å²) in [6.07, 6.45) is 0. The monoisotopic (exact) mass is 462 g/mol. The van der Waals surface area contributed by atoms with Crippen molar-refractivity contribution >= 4 is 50.1 Å². The lowest BCUT2D eigenvalue weighted by Gasteiger charge is -2.21. The quantitative estimate of drug-likeness (QED) is 0.347. The van der Waals surface area contributed by atoms with Crippen LogP contribution in [-0.4, -0.2) is 0 Å². The Balaban J connectivity index is 2.65. The minimum Gasteiger partial charge on any atom is -0.113 e. The molecule has 0 N–H and O–H groups in total. The minimum absolute atomic E-state index is 0.127. The van der Waals surface area contributed by atoms with Gasteiger partial charge in [0.25, 0.3) is 0 Å². The van der Waals surface area contributed by atoms with Crippen molar-refractivity contribution in [1.29, 1.82) is 0 Å². The largest absolute Gasteiger partial charge is 0.113 e. The first-order chi connectivity index (χ1) is 9.32. The Kier molecular flexibility index (Phi) is 5.19. The number of hydrogen-bond acceptors (Lipinski definition) is 0. The van der Waals surface area contributed by atoms with Crippen LogP contribution in [0.4, 0.5) is 0 Å². The number of alkyl halides is 1. The van der Waals surface area contributed by atoms with Crippen molar-refractivity contribution in [3.05, 3.63) is 65.7 Å². The number of aryl methyl sites for hydroxylation is 2. The summed E-state index contributed by atoms with van der Waals surface area (Å²) in [5, 5.41) is -0.127. The molecule has 0 spiro atoms. The number of rotatable bonds is 2. The molecule has 0 heterocycles. The van der Waals surface area contributed by atoms with E-state index in [1.807, 2.05) is 0 Å². The molecule has 2 rings (SSSR count). The molecular weight excluding hydrogens is 446 g/mol. The fraction of sp³-hybridized carbons (Fsp3) is 0.294. The third kappa shape index (κ3) is 3.07. The maximum atomic E-state index is 6.83. The van der Waals surface area contributed by atoms with Gasteiger partial charge in [0.15, 0.2) is 0 Å². The maximum absolute atomic E-state index is 6.83. The van der Waals surface area contributed by atoms with E-state index in [1.165, 1.54) is 31.4 Å². The Morgan fingerprint density at radius 2 is 1.55 bits per heavy atom. The summed E-state index contributed by atoms with van der Waals surface area (Å²) in [5.41, 5.74) is 7.56. The van der Waals surface area contributed by atoms with Crippen molar-refractivity contribution in [3.8, 4) is 0 Å². The lowest BCUT2D eigenvalue weighted by molar-refractivity contribution is 1.04. The van der Waals surface area contributed by atoms with E-state index in [-0.39, 0.29) is 5.38 Å². The topological polar surface area (TPSA) is 0 Å². The van der Waals surface area contributed by atoms with Crippen LogP contribution in [0.2, 0.25) is 0 Å². The maximum Gasteiger partial charge on any atom is 0.0851 e. The Bertz CT molecular complexity index is 638. The average molecular weight is 464 g/mol. The van der Waals surface area contributed by atoms with Crippen LogP contribution in [0.5, 0.6) is 0 Å². The molecule has 2 aromatic carbocycles. The van der Waals surface area contributed by atoms with Gasteiger partial charge in [0.1, 0.15) is 0 Å². The number of hydrogen-bond donors (Lipinski definition) is 0. The normalized spacial score (nSPS) is 12.6. The zero-order valence-electron chi connectivity index (χ0n) is 12.0. The first-order valence-corrected chi connectivity index (χ1v) is 8.80. The van der Waals surface area contributed by atoms with Crippen LogP contribution in [0.25, 0.3) is 0 Å². The molecule has 0 fully saturated rings. The highest BCUT2D eigenvalue weighted by Gasteiger charge is 2.20. The standard InChI is InChI=1S/C17H17BrClI/c1-9-7-10(2)12(4)16(11(9)3)17(19)14-8-13(20)5-6-15(14)18/h5-8,17H,1-4H3. The minimum atomic E-state index is -0.127. The summed E-state index contributed by atoms with van der Waals surface area (Å²) in [4.78, 5) is 0. The fourth-order valence-electron chi connectivity index (χ4n) is 2.49. The van der Waals surface area contributed by atoms with Crippen LogP contribution in [0.1, 0.15) is 38.8 Å². The molecule has 0 nitrogen and oxygen atoms in total. The van der Waals surface area contributed by atoms with E-state index in [2.05, 4.69) is 90.5 Å². The molecule has 0 aliphatic carbocycles. The Labute approximate surface area is 148 Å². The zero-order valence-corrected chi connectivity index (χ0v) is 16.5. The molecule has 0 saturated heterocycles. The number of benzene rings is 2. The van der Waals surface area contributed by atoms with Crippen LogP contribution in [0, 0.1) is 31.3 Å². The molecule has 0 aliphatic heterocycles. The van der Waals surface area contributed by atoms with Crippen molar-refractivity contribution < 1.29 is 0 Å². The first kappa shape index (κ1) is 16.3. The second kappa shape index (κ2) is 6.37. The van der Waals surface area contributed by atoms with Crippen LogP contribution in [0.15, 0.2) is 28.7 Å². The van der Waals surface area contributed by atoms with E-state index < -0.39 is 0 Å². The van der Waals surface area contributed by atoms with Crippen molar-refractivity contribution in [1.82, 2.24) is 0 Å². The second-order valence-electron chi connectivity index (χ2n) is 5.20. The SMILES string of the molecule is Cc1cc(C)c(C)c(C(Cl)c2cc(I)ccc2Br)c1C. The van der Waals surface area contributed by atoms with Gasteiger partial charge < -0.3 is 0 Å². The van der Waals surface area contributed by atoms with Crippen LogP contribution in [0.3, 0.4) is 0 Å². The highest BCUT2D eigenvalue weighted by molar-refractivity contribution is 14.1. The third-order valence-electron chi connectivity index (χ3n) is 3.91. The molecule has 106 valence electrons. The molecule has 0 aromatic heterocycles. The van der Waals surface area contributed by atoms with Crippen LogP contribution in [-0.2, 0) is 0 Å². The van der Waals surface area contributed by atoms with Gasteiger partial charge in [0, 0.05) is 8.04 Å². The summed E-state index contributed by atoms with van der Waals surface area (Å²) < 4.78 is 2.27. The van der Waals surface area contributed by atoms with E-state index in [9.17, 15) is 0 Å². The molecule has 0 amide bonds. The lowest BCUT2D eigenvalue weighted by atomic mass is 9.90. The van der Waals surface area contributed by atoms with Crippen molar-refractivity contribution in [3.63, 3.8) is 0 Å².